The standard InChI is InChI=1S/C20H18FN3O3/c1-13(24(26)20(22)25)5-6-14-3-2-4-16(11-14)19-12-18(23-27-19)15-7-9-17(21)10-8-15/h2-4,7-13,19,23,26H,1H3,(H2,22,25). The number of halogens is 1. The first-order valence-electron chi connectivity index (χ1n) is 8.22. The van der Waals surface area contributed by atoms with Crippen molar-refractivity contribution >= 4 is 11.7 Å². The van der Waals surface area contributed by atoms with Gasteiger partial charge in [-0.15, -0.1) is 0 Å². The Balaban J connectivity index is 1.76. The quantitative estimate of drug-likeness (QED) is 0.442. The first-order valence-corrected chi connectivity index (χ1v) is 8.22. The van der Waals surface area contributed by atoms with E-state index in [1.54, 1.807) is 19.1 Å². The van der Waals surface area contributed by atoms with E-state index in [1.165, 1.54) is 12.1 Å². The van der Waals surface area contributed by atoms with Crippen LogP contribution in [0.5, 0.6) is 0 Å². The van der Waals surface area contributed by atoms with Crippen LogP contribution in [0, 0.1) is 17.7 Å². The van der Waals surface area contributed by atoms with Crippen molar-refractivity contribution in [2.75, 3.05) is 0 Å². The first kappa shape index (κ1) is 18.5. The summed E-state index contributed by atoms with van der Waals surface area (Å²) in [5.74, 6) is 5.35. The number of hydroxylamine groups is 3. The summed E-state index contributed by atoms with van der Waals surface area (Å²) in [7, 11) is 0. The highest BCUT2D eigenvalue weighted by Gasteiger charge is 2.19. The summed E-state index contributed by atoms with van der Waals surface area (Å²) in [4.78, 5) is 16.5. The molecule has 4 N–H and O–H groups in total. The van der Waals surface area contributed by atoms with Crippen LogP contribution < -0.4 is 11.2 Å². The number of carbonyl (C=O) groups is 1. The van der Waals surface area contributed by atoms with E-state index in [0.29, 0.717) is 10.6 Å². The number of primary amides is 1. The Hall–Kier alpha value is -3.34. The van der Waals surface area contributed by atoms with E-state index in [9.17, 15) is 14.4 Å². The maximum atomic E-state index is 13.1. The Morgan fingerprint density at radius 3 is 2.78 bits per heavy atom. The Morgan fingerprint density at radius 1 is 1.33 bits per heavy atom. The molecule has 0 bridgehead atoms. The van der Waals surface area contributed by atoms with Gasteiger partial charge >= 0.3 is 6.03 Å². The Morgan fingerprint density at radius 2 is 2.07 bits per heavy atom. The van der Waals surface area contributed by atoms with Gasteiger partial charge in [0.2, 0.25) is 0 Å². The van der Waals surface area contributed by atoms with Crippen molar-refractivity contribution in [1.82, 2.24) is 10.5 Å². The lowest BCUT2D eigenvalue weighted by Gasteiger charge is -2.14. The molecule has 2 aromatic rings. The average molecular weight is 367 g/mol. The predicted molar refractivity (Wildman–Crippen MR) is 97.3 cm³/mol. The summed E-state index contributed by atoms with van der Waals surface area (Å²) >= 11 is 0. The van der Waals surface area contributed by atoms with E-state index < -0.39 is 12.1 Å². The highest BCUT2D eigenvalue weighted by molar-refractivity contribution is 5.71. The van der Waals surface area contributed by atoms with E-state index in [2.05, 4.69) is 17.3 Å². The molecule has 1 aliphatic rings. The largest absolute Gasteiger partial charge is 0.350 e. The number of hydrogen-bond donors (Lipinski definition) is 3. The fourth-order valence-electron chi connectivity index (χ4n) is 2.53. The van der Waals surface area contributed by atoms with Crippen LogP contribution in [0.15, 0.2) is 54.6 Å². The normalized spacial score (nSPS) is 16.6. The van der Waals surface area contributed by atoms with Gasteiger partial charge in [0.15, 0.2) is 0 Å². The smallest absolute Gasteiger partial charge is 0.339 e. The van der Waals surface area contributed by atoms with Crippen LogP contribution in [0.25, 0.3) is 5.70 Å². The van der Waals surface area contributed by atoms with E-state index in [1.807, 2.05) is 30.3 Å². The van der Waals surface area contributed by atoms with E-state index in [4.69, 9.17) is 10.6 Å². The van der Waals surface area contributed by atoms with Gasteiger partial charge in [-0.25, -0.2) is 9.18 Å². The van der Waals surface area contributed by atoms with Crippen molar-refractivity contribution < 1.29 is 19.2 Å². The fourth-order valence-corrected chi connectivity index (χ4v) is 2.53. The van der Waals surface area contributed by atoms with Gasteiger partial charge in [0, 0.05) is 5.56 Å². The highest BCUT2D eigenvalue weighted by Crippen LogP contribution is 2.28. The van der Waals surface area contributed by atoms with Gasteiger partial charge in [0.05, 0.1) is 5.70 Å². The summed E-state index contributed by atoms with van der Waals surface area (Å²) in [6, 6.07) is 11.8. The molecule has 2 amide bonds. The topological polar surface area (TPSA) is 87.8 Å². The number of nitrogens with two attached hydrogens (primary N) is 1. The SMILES string of the molecule is CC(C#Cc1cccc(C2C=C(c3ccc(F)cc3)NO2)c1)N(O)C(N)=O. The molecular formula is C20H18FN3O3. The van der Waals surface area contributed by atoms with Gasteiger partial charge in [-0.05, 0) is 60.5 Å². The molecule has 2 aromatic carbocycles. The molecule has 0 saturated heterocycles. The highest BCUT2D eigenvalue weighted by atomic mass is 19.1. The zero-order valence-electron chi connectivity index (χ0n) is 14.5. The lowest BCUT2D eigenvalue weighted by Crippen LogP contribution is -2.38. The molecule has 0 fully saturated rings. The number of urea groups is 1. The third kappa shape index (κ3) is 4.44. The minimum Gasteiger partial charge on any atom is -0.350 e. The third-order valence-corrected chi connectivity index (χ3v) is 4.00. The van der Waals surface area contributed by atoms with Gasteiger partial charge < -0.3 is 5.73 Å². The molecule has 0 aromatic heterocycles. The number of hydrogen-bond acceptors (Lipinski definition) is 4. The van der Waals surface area contributed by atoms with E-state index in [-0.39, 0.29) is 11.9 Å². The Kier molecular flexibility index (Phi) is 5.41. The molecule has 138 valence electrons. The zero-order valence-corrected chi connectivity index (χ0v) is 14.5. The van der Waals surface area contributed by atoms with Crippen LogP contribution in [0.1, 0.15) is 29.7 Å². The van der Waals surface area contributed by atoms with Gasteiger partial charge in [0.25, 0.3) is 0 Å². The van der Waals surface area contributed by atoms with Gasteiger partial charge in [-0.2, -0.15) is 5.06 Å². The molecule has 3 rings (SSSR count). The Labute approximate surface area is 156 Å². The van der Waals surface area contributed by atoms with Gasteiger partial charge in [-0.3, -0.25) is 15.5 Å². The zero-order chi connectivity index (χ0) is 19.4. The molecule has 0 radical (unpaired) electrons. The maximum absolute atomic E-state index is 13.1. The van der Waals surface area contributed by atoms with Crippen LogP contribution >= 0.6 is 0 Å². The summed E-state index contributed by atoms with van der Waals surface area (Å²) in [5, 5.41) is 9.83. The first-order chi connectivity index (χ1) is 12.9. The molecule has 1 heterocycles. The molecule has 0 aliphatic carbocycles. The molecule has 7 heteroatoms. The van der Waals surface area contributed by atoms with Crippen molar-refractivity contribution in [3.63, 3.8) is 0 Å². The summed E-state index contributed by atoms with van der Waals surface area (Å²) < 4.78 is 13.1. The van der Waals surface area contributed by atoms with E-state index in [0.717, 1.165) is 16.8 Å². The Bertz CT molecular complexity index is 931. The van der Waals surface area contributed by atoms with Crippen molar-refractivity contribution in [3.05, 3.63) is 77.1 Å². The second kappa shape index (κ2) is 7.91. The lowest BCUT2D eigenvalue weighted by atomic mass is 10.0. The second-order valence-corrected chi connectivity index (χ2v) is 5.98. The van der Waals surface area contributed by atoms with Crippen LogP contribution in [0.4, 0.5) is 9.18 Å². The number of rotatable bonds is 3. The van der Waals surface area contributed by atoms with Gasteiger partial charge in [0.1, 0.15) is 18.0 Å². The predicted octanol–water partition coefficient (Wildman–Crippen LogP) is 2.95. The van der Waals surface area contributed by atoms with Crippen molar-refractivity contribution in [2.24, 2.45) is 5.73 Å². The van der Waals surface area contributed by atoms with Crippen molar-refractivity contribution in [2.45, 2.75) is 19.1 Å². The summed E-state index contributed by atoms with van der Waals surface area (Å²) in [5.41, 5.74) is 11.0. The average Bonchev–Trinajstić information content (AvgIpc) is 3.16. The van der Waals surface area contributed by atoms with Crippen molar-refractivity contribution in [1.29, 1.82) is 0 Å². The van der Waals surface area contributed by atoms with Crippen LogP contribution in [0.3, 0.4) is 0 Å². The molecular weight excluding hydrogens is 349 g/mol. The van der Waals surface area contributed by atoms with Crippen LogP contribution in [0.2, 0.25) is 0 Å². The molecule has 0 saturated carbocycles. The number of nitrogens with zero attached hydrogens (tertiary/aromatic N) is 1. The summed E-state index contributed by atoms with van der Waals surface area (Å²) in [6.07, 6.45) is 1.56. The van der Waals surface area contributed by atoms with Crippen LogP contribution in [-0.4, -0.2) is 22.3 Å². The molecule has 27 heavy (non-hydrogen) atoms. The number of carbonyl (C=O) groups excluding carboxylic acids is 1. The van der Waals surface area contributed by atoms with Crippen LogP contribution in [-0.2, 0) is 4.84 Å². The minimum atomic E-state index is -0.963. The maximum Gasteiger partial charge on any atom is 0.339 e. The van der Waals surface area contributed by atoms with Crippen molar-refractivity contribution in [3.8, 4) is 11.8 Å². The molecule has 2 unspecified atom stereocenters. The lowest BCUT2D eigenvalue weighted by molar-refractivity contribution is -0.0536. The monoisotopic (exact) mass is 367 g/mol. The molecule has 1 aliphatic heterocycles. The fraction of sp³-hybridized carbons (Fsp3) is 0.150. The minimum absolute atomic E-state index is 0.298. The molecule has 0 spiro atoms. The molecule has 2 atom stereocenters. The number of benzene rings is 2. The second-order valence-electron chi connectivity index (χ2n) is 5.98. The number of amides is 2. The van der Waals surface area contributed by atoms with E-state index >= 15 is 0 Å². The number of nitrogens with one attached hydrogen (secondary N) is 1. The summed E-state index contributed by atoms with van der Waals surface area (Å²) in [6.45, 7) is 1.56. The van der Waals surface area contributed by atoms with Gasteiger partial charge in [-0.1, -0.05) is 24.0 Å². The molecule has 6 nitrogen and oxygen atoms in total. The third-order valence-electron chi connectivity index (χ3n) is 4.00.